The largest absolute Gasteiger partial charge is 0.492 e. The zero-order valence-electron chi connectivity index (χ0n) is 16.1. The molecule has 8 heteroatoms. The first-order valence-electron chi connectivity index (χ1n) is 9.40. The Bertz CT molecular complexity index is 756. The molecule has 2 heterocycles. The van der Waals surface area contributed by atoms with Crippen molar-refractivity contribution in [3.8, 4) is 5.75 Å². The van der Waals surface area contributed by atoms with E-state index < -0.39 is 0 Å². The summed E-state index contributed by atoms with van der Waals surface area (Å²) >= 11 is 1.35. The number of carbonyl (C=O) groups is 1. The number of hydrogen-bond acceptors (Lipinski definition) is 6. The van der Waals surface area contributed by atoms with E-state index in [1.165, 1.54) is 11.5 Å². The molecule has 1 aromatic carbocycles. The number of urea groups is 1. The lowest BCUT2D eigenvalue weighted by Gasteiger charge is -2.36. The van der Waals surface area contributed by atoms with Gasteiger partial charge in [0, 0.05) is 26.2 Å². The van der Waals surface area contributed by atoms with E-state index >= 15 is 0 Å². The zero-order valence-corrected chi connectivity index (χ0v) is 17.0. The van der Waals surface area contributed by atoms with Gasteiger partial charge in [-0.25, -0.2) is 4.79 Å². The van der Waals surface area contributed by atoms with Crippen molar-refractivity contribution in [3.63, 3.8) is 0 Å². The number of rotatable bonds is 6. The molecule has 0 saturated carbocycles. The van der Waals surface area contributed by atoms with Gasteiger partial charge >= 0.3 is 6.03 Å². The van der Waals surface area contributed by atoms with E-state index in [2.05, 4.69) is 39.7 Å². The lowest BCUT2D eigenvalue weighted by Crippen LogP contribution is -2.51. The number of ether oxygens (including phenoxy) is 1. The number of amides is 2. The third kappa shape index (κ3) is 4.68. The SMILES string of the molecule is CCOc1ccccc1N1CCN(C(=O)NCc2snnc2C(C)C)CC1. The van der Waals surface area contributed by atoms with Crippen LogP contribution in [0.15, 0.2) is 24.3 Å². The second kappa shape index (κ2) is 9.03. The minimum atomic E-state index is -0.0316. The van der Waals surface area contributed by atoms with Gasteiger partial charge in [-0.1, -0.05) is 30.5 Å². The van der Waals surface area contributed by atoms with Crippen LogP contribution in [0.2, 0.25) is 0 Å². The maximum absolute atomic E-state index is 12.5. The van der Waals surface area contributed by atoms with Gasteiger partial charge in [-0.3, -0.25) is 0 Å². The summed E-state index contributed by atoms with van der Waals surface area (Å²) in [5, 5.41) is 7.17. The Kier molecular flexibility index (Phi) is 6.49. The lowest BCUT2D eigenvalue weighted by atomic mass is 10.1. The highest BCUT2D eigenvalue weighted by atomic mass is 32.1. The average molecular weight is 390 g/mol. The molecule has 2 aromatic rings. The molecule has 0 bridgehead atoms. The van der Waals surface area contributed by atoms with Gasteiger partial charge in [0.25, 0.3) is 0 Å². The van der Waals surface area contributed by atoms with Crippen LogP contribution in [0, 0.1) is 0 Å². The van der Waals surface area contributed by atoms with E-state index in [-0.39, 0.29) is 6.03 Å². The highest BCUT2D eigenvalue weighted by Crippen LogP contribution is 2.28. The second-order valence-electron chi connectivity index (χ2n) is 6.77. The molecule has 0 unspecified atom stereocenters. The molecule has 7 nitrogen and oxygen atoms in total. The van der Waals surface area contributed by atoms with Gasteiger partial charge in [-0.15, -0.1) is 5.10 Å². The van der Waals surface area contributed by atoms with Crippen LogP contribution in [0.5, 0.6) is 5.75 Å². The van der Waals surface area contributed by atoms with Gasteiger partial charge in [0.2, 0.25) is 0 Å². The number of hydrogen-bond donors (Lipinski definition) is 1. The summed E-state index contributed by atoms with van der Waals surface area (Å²) in [6.45, 7) is 10.2. The zero-order chi connectivity index (χ0) is 19.2. The smallest absolute Gasteiger partial charge is 0.317 e. The fraction of sp³-hybridized carbons (Fsp3) is 0.526. The number of para-hydroxylation sites is 2. The first-order chi connectivity index (χ1) is 13.1. The minimum absolute atomic E-state index is 0.0316. The Morgan fingerprint density at radius 3 is 2.70 bits per heavy atom. The van der Waals surface area contributed by atoms with Crippen molar-refractivity contribution in [2.45, 2.75) is 33.2 Å². The molecule has 0 radical (unpaired) electrons. The van der Waals surface area contributed by atoms with E-state index in [0.29, 0.717) is 32.2 Å². The summed E-state index contributed by atoms with van der Waals surface area (Å²) in [6.07, 6.45) is 0. The standard InChI is InChI=1S/C19H27N5O2S/c1-4-26-16-8-6-5-7-15(16)23-9-11-24(12-10-23)19(25)20-13-17-18(14(2)3)21-22-27-17/h5-8,14H,4,9-13H2,1-3H3,(H,20,25). The molecule has 1 N–H and O–H groups in total. The van der Waals surface area contributed by atoms with Crippen molar-refractivity contribution in [2.75, 3.05) is 37.7 Å². The molecule has 2 amide bonds. The Labute approximate surface area is 164 Å². The Balaban J connectivity index is 1.53. The topological polar surface area (TPSA) is 70.6 Å². The van der Waals surface area contributed by atoms with E-state index in [1.54, 1.807) is 0 Å². The average Bonchev–Trinajstić information content (AvgIpc) is 3.16. The molecule has 1 aliphatic rings. The summed E-state index contributed by atoms with van der Waals surface area (Å²) in [6, 6.07) is 8.04. The third-order valence-corrected chi connectivity index (χ3v) is 5.34. The monoisotopic (exact) mass is 389 g/mol. The first kappa shape index (κ1) is 19.4. The van der Waals surface area contributed by atoms with Crippen molar-refractivity contribution in [1.82, 2.24) is 19.8 Å². The summed E-state index contributed by atoms with van der Waals surface area (Å²) < 4.78 is 9.74. The molecular weight excluding hydrogens is 362 g/mol. The predicted molar refractivity (Wildman–Crippen MR) is 108 cm³/mol. The Morgan fingerprint density at radius 2 is 2.00 bits per heavy atom. The molecule has 1 fully saturated rings. The highest BCUT2D eigenvalue weighted by Gasteiger charge is 2.23. The van der Waals surface area contributed by atoms with Crippen LogP contribution in [0.1, 0.15) is 37.3 Å². The fourth-order valence-electron chi connectivity index (χ4n) is 3.19. The molecule has 1 saturated heterocycles. The van der Waals surface area contributed by atoms with Crippen LogP contribution in [-0.2, 0) is 6.54 Å². The Morgan fingerprint density at radius 1 is 1.26 bits per heavy atom. The van der Waals surface area contributed by atoms with Gasteiger partial charge in [0.1, 0.15) is 5.75 Å². The summed E-state index contributed by atoms with van der Waals surface area (Å²) in [4.78, 5) is 17.7. The summed E-state index contributed by atoms with van der Waals surface area (Å²) in [7, 11) is 0. The number of benzene rings is 1. The van der Waals surface area contributed by atoms with Crippen LogP contribution >= 0.6 is 11.5 Å². The third-order valence-electron chi connectivity index (χ3n) is 4.60. The van der Waals surface area contributed by atoms with Gasteiger partial charge in [0.15, 0.2) is 0 Å². The van der Waals surface area contributed by atoms with Crippen molar-refractivity contribution < 1.29 is 9.53 Å². The molecule has 27 heavy (non-hydrogen) atoms. The highest BCUT2D eigenvalue weighted by molar-refractivity contribution is 7.05. The predicted octanol–water partition coefficient (Wildman–Crippen LogP) is 3.09. The minimum Gasteiger partial charge on any atom is -0.492 e. The molecular formula is C19H27N5O2S. The van der Waals surface area contributed by atoms with E-state index in [4.69, 9.17) is 4.74 Å². The fourth-order valence-corrected chi connectivity index (χ4v) is 3.92. The molecule has 0 aliphatic carbocycles. The van der Waals surface area contributed by atoms with Crippen molar-refractivity contribution in [2.24, 2.45) is 0 Å². The molecule has 1 aliphatic heterocycles. The van der Waals surface area contributed by atoms with Crippen LogP contribution in [0.4, 0.5) is 10.5 Å². The van der Waals surface area contributed by atoms with Crippen molar-refractivity contribution in [3.05, 3.63) is 34.8 Å². The maximum Gasteiger partial charge on any atom is 0.317 e. The van der Waals surface area contributed by atoms with Gasteiger partial charge in [0.05, 0.1) is 29.4 Å². The second-order valence-corrected chi connectivity index (χ2v) is 7.61. The van der Waals surface area contributed by atoms with Gasteiger partial charge in [-0.2, -0.15) is 0 Å². The first-order valence-corrected chi connectivity index (χ1v) is 10.2. The van der Waals surface area contributed by atoms with Gasteiger partial charge in [-0.05, 0) is 36.5 Å². The molecule has 1 aromatic heterocycles. The summed E-state index contributed by atoms with van der Waals surface area (Å²) in [5.74, 6) is 1.21. The number of nitrogens with one attached hydrogen (secondary N) is 1. The van der Waals surface area contributed by atoms with Crippen molar-refractivity contribution in [1.29, 1.82) is 0 Å². The summed E-state index contributed by atoms with van der Waals surface area (Å²) in [5.41, 5.74) is 2.06. The van der Waals surface area contributed by atoms with Crippen LogP contribution in [-0.4, -0.2) is 53.3 Å². The maximum atomic E-state index is 12.5. The van der Waals surface area contributed by atoms with Crippen molar-refractivity contribution >= 4 is 23.3 Å². The van der Waals surface area contributed by atoms with Crippen LogP contribution in [0.3, 0.4) is 0 Å². The number of nitrogens with zero attached hydrogens (tertiary/aromatic N) is 4. The number of aromatic nitrogens is 2. The van der Waals surface area contributed by atoms with E-state index in [0.717, 1.165) is 35.1 Å². The molecule has 0 atom stereocenters. The molecule has 146 valence electrons. The lowest BCUT2D eigenvalue weighted by molar-refractivity contribution is 0.194. The normalized spacial score (nSPS) is 14.5. The number of piperazine rings is 1. The number of carbonyl (C=O) groups excluding carboxylic acids is 1. The number of anilines is 1. The van der Waals surface area contributed by atoms with E-state index in [1.807, 2.05) is 30.0 Å². The van der Waals surface area contributed by atoms with Crippen LogP contribution in [0.25, 0.3) is 0 Å². The molecule has 3 rings (SSSR count). The van der Waals surface area contributed by atoms with Gasteiger partial charge < -0.3 is 19.9 Å². The Hall–Kier alpha value is -2.35. The quantitative estimate of drug-likeness (QED) is 0.822. The van der Waals surface area contributed by atoms with E-state index in [9.17, 15) is 4.79 Å². The molecule has 0 spiro atoms. The van der Waals surface area contributed by atoms with Crippen LogP contribution < -0.4 is 15.0 Å².